The monoisotopic (exact) mass is 1280 g/mol. The van der Waals surface area contributed by atoms with Gasteiger partial charge in [0.2, 0.25) is 0 Å². The van der Waals surface area contributed by atoms with Gasteiger partial charge in [0.25, 0.3) is 0 Å². The van der Waals surface area contributed by atoms with Crippen molar-refractivity contribution in [3.8, 4) is 22.3 Å². The molecule has 0 spiro atoms. The SMILES string of the molecule is CCCCCCCCCCC1(CCCCCCCCCC)c2cc3c(cc2-c2c1cc(B1OC(C)(C)C(C)(C)O1)c1n[se]nc21)C(CCCCCCCCCC)(CCCCCCCCCC)c1cc(B2OC(C)(C)C(C)(C)O2)c2n[se]nc2c1-3. The molecular formula is C72H112B2N4O4Se2. The summed E-state index contributed by atoms with van der Waals surface area (Å²) in [4.78, 5) is 0. The molecule has 5 aromatic rings. The van der Waals surface area contributed by atoms with E-state index in [1.54, 1.807) is 0 Å². The summed E-state index contributed by atoms with van der Waals surface area (Å²) in [6.45, 7) is 26.9. The number of unbranched alkanes of at least 4 members (excludes halogenated alkanes) is 28. The van der Waals surface area contributed by atoms with Gasteiger partial charge in [-0.1, -0.05) is 79.1 Å². The standard InChI is InChI=1S/C72H112B2N4O4Se2/c1-13-17-21-25-29-33-37-41-45-71(46-42-38-34-30-26-22-18-14-2)55-49-54-56(50-53(55)61-57(71)51-59(63-65(61)77-83-75-63)73-79-67(5,6)68(7,8)80-73)72(47-43-39-35-31-27-23-19-15-3,48-44-40-36-32-28-24-20-16-4)58-52-60(64-66(62(54)58)78-84-76-64)74-81-69(9,10)70(11,12)82-74/h49-52H,13-48H2,1-12H3. The topological polar surface area (TPSA) is 88.5 Å². The molecular weight excluding hydrogens is 1160 g/mol. The van der Waals surface area contributed by atoms with Gasteiger partial charge in [0.15, 0.2) is 0 Å². The second-order valence-electron chi connectivity index (χ2n) is 28.9. The molecule has 2 aliphatic carbocycles. The number of nitrogens with zero attached hydrogens (tertiary/aromatic N) is 4. The number of benzene rings is 3. The van der Waals surface area contributed by atoms with Crippen molar-refractivity contribution < 1.29 is 18.6 Å². The minimum absolute atomic E-state index is 0.207. The van der Waals surface area contributed by atoms with Gasteiger partial charge in [-0.25, -0.2) is 0 Å². The van der Waals surface area contributed by atoms with Gasteiger partial charge in [-0.05, 0) is 0 Å². The van der Waals surface area contributed by atoms with Crippen molar-refractivity contribution in [3.05, 3.63) is 46.5 Å². The Morgan fingerprint density at radius 1 is 0.310 bits per heavy atom. The first kappa shape index (κ1) is 66.3. The first-order valence-corrected chi connectivity index (χ1v) is 38.1. The number of aromatic nitrogens is 4. The van der Waals surface area contributed by atoms with Gasteiger partial charge < -0.3 is 0 Å². The molecule has 2 aromatic heterocycles. The Kier molecular flexibility index (Phi) is 23.4. The van der Waals surface area contributed by atoms with E-state index >= 15 is 0 Å². The van der Waals surface area contributed by atoms with Crippen LogP contribution in [-0.2, 0) is 29.4 Å². The zero-order valence-corrected chi connectivity index (χ0v) is 58.6. The first-order chi connectivity index (χ1) is 40.5. The summed E-state index contributed by atoms with van der Waals surface area (Å²) in [6, 6.07) is 10.7. The van der Waals surface area contributed by atoms with Crippen LogP contribution in [-0.4, -0.2) is 82.5 Å². The molecule has 4 heterocycles. The van der Waals surface area contributed by atoms with Crippen LogP contribution in [0.5, 0.6) is 0 Å². The zero-order chi connectivity index (χ0) is 59.6. The average Bonchev–Trinajstić information content (AvgIpc) is 2.66. The molecule has 8 nitrogen and oxygen atoms in total. The molecule has 12 heteroatoms. The molecule has 462 valence electrons. The number of fused-ring (bicyclic) bond motifs is 10. The Balaban J connectivity index is 1.24. The van der Waals surface area contributed by atoms with Crippen LogP contribution in [0.4, 0.5) is 0 Å². The van der Waals surface area contributed by atoms with Crippen LogP contribution in [0.25, 0.3) is 44.3 Å². The third-order valence-corrected chi connectivity index (χ3v) is 24.0. The fourth-order valence-electron chi connectivity index (χ4n) is 15.2. The van der Waals surface area contributed by atoms with Crippen molar-refractivity contribution in [2.75, 3.05) is 0 Å². The van der Waals surface area contributed by atoms with E-state index in [2.05, 4.69) is 107 Å². The molecule has 2 fully saturated rings. The Morgan fingerprint density at radius 3 is 0.810 bits per heavy atom. The van der Waals surface area contributed by atoms with Crippen LogP contribution in [0.1, 0.15) is 336 Å². The van der Waals surface area contributed by atoms with Gasteiger partial charge in [-0.2, -0.15) is 0 Å². The van der Waals surface area contributed by atoms with E-state index < -0.39 is 36.6 Å². The van der Waals surface area contributed by atoms with Crippen molar-refractivity contribution in [2.45, 2.75) is 347 Å². The van der Waals surface area contributed by atoms with Crippen molar-refractivity contribution in [1.29, 1.82) is 0 Å². The third-order valence-electron chi connectivity index (χ3n) is 21.7. The van der Waals surface area contributed by atoms with Crippen molar-refractivity contribution in [3.63, 3.8) is 0 Å². The molecule has 9 rings (SSSR count). The summed E-state index contributed by atoms with van der Waals surface area (Å²) in [5.74, 6) is 0. The minimum atomic E-state index is -0.509. The van der Waals surface area contributed by atoms with Gasteiger partial charge in [-0.15, -0.1) is 0 Å². The second-order valence-corrected chi connectivity index (χ2v) is 31.1. The fraction of sp³-hybridized carbons (Fsp3) is 0.750. The maximum absolute atomic E-state index is 7.04. The second kappa shape index (κ2) is 29.7. The van der Waals surface area contributed by atoms with E-state index in [1.807, 2.05) is 0 Å². The average molecular weight is 1280 g/mol. The molecule has 2 saturated heterocycles. The molecule has 0 saturated carbocycles. The predicted octanol–water partition coefficient (Wildman–Crippen LogP) is 18.9. The number of rotatable bonds is 38. The van der Waals surface area contributed by atoms with Crippen molar-refractivity contribution >= 4 is 77.2 Å². The van der Waals surface area contributed by atoms with Gasteiger partial charge in [0, 0.05) is 0 Å². The van der Waals surface area contributed by atoms with Gasteiger partial charge in [0.05, 0.1) is 0 Å². The predicted molar refractivity (Wildman–Crippen MR) is 359 cm³/mol. The molecule has 0 atom stereocenters. The molecule has 0 radical (unpaired) electrons. The van der Waals surface area contributed by atoms with Gasteiger partial charge in [0.1, 0.15) is 0 Å². The van der Waals surface area contributed by atoms with E-state index in [-0.39, 0.29) is 40.8 Å². The van der Waals surface area contributed by atoms with Crippen LogP contribution in [0.15, 0.2) is 24.3 Å². The molecule has 4 aliphatic rings. The molecule has 0 N–H and O–H groups in total. The Morgan fingerprint density at radius 2 is 0.548 bits per heavy atom. The van der Waals surface area contributed by atoms with E-state index in [4.69, 9.17) is 34.5 Å². The Bertz CT molecular complexity index is 2640. The van der Waals surface area contributed by atoms with E-state index in [1.165, 1.54) is 250 Å². The van der Waals surface area contributed by atoms with E-state index in [9.17, 15) is 0 Å². The molecule has 0 bridgehead atoms. The Hall–Kier alpha value is -2.13. The van der Waals surface area contributed by atoms with Gasteiger partial charge in [-0.3, -0.25) is 0 Å². The summed E-state index contributed by atoms with van der Waals surface area (Å²) in [7, 11) is -1.02. The summed E-state index contributed by atoms with van der Waals surface area (Å²) in [6.07, 6.45) is 46.3. The van der Waals surface area contributed by atoms with Crippen LogP contribution in [0.2, 0.25) is 0 Å². The zero-order valence-electron chi connectivity index (χ0n) is 55.2. The quantitative estimate of drug-likeness (QED) is 0.0285. The first-order valence-electron chi connectivity index (χ1n) is 35.0. The normalized spacial score (nSPS) is 18.4. The van der Waals surface area contributed by atoms with Crippen molar-refractivity contribution in [1.82, 2.24) is 15.9 Å². The number of hydrogen-bond donors (Lipinski definition) is 0. The fourth-order valence-corrected chi connectivity index (χ4v) is 17.6. The molecule has 3 aromatic carbocycles. The van der Waals surface area contributed by atoms with Crippen LogP contribution >= 0.6 is 0 Å². The van der Waals surface area contributed by atoms with Crippen LogP contribution in [0, 0.1) is 0 Å². The van der Waals surface area contributed by atoms with Gasteiger partial charge >= 0.3 is 449 Å². The molecule has 0 unspecified atom stereocenters. The Labute approximate surface area is 524 Å². The maximum atomic E-state index is 7.04. The summed E-state index contributed by atoms with van der Waals surface area (Å²) >= 11 is -0.504. The summed E-state index contributed by atoms with van der Waals surface area (Å²) in [5.41, 5.74) is 15.6. The van der Waals surface area contributed by atoms with Crippen molar-refractivity contribution in [2.24, 2.45) is 0 Å². The summed E-state index contributed by atoms with van der Waals surface area (Å²) in [5, 5.41) is 0. The summed E-state index contributed by atoms with van der Waals surface area (Å²) < 4.78 is 50.0. The van der Waals surface area contributed by atoms with E-state index in [0.29, 0.717) is 0 Å². The third kappa shape index (κ3) is 14.1. The van der Waals surface area contributed by atoms with E-state index in [0.717, 1.165) is 58.7 Å². The van der Waals surface area contributed by atoms with Crippen LogP contribution in [0.3, 0.4) is 0 Å². The molecule has 0 amide bonds. The van der Waals surface area contributed by atoms with Crippen LogP contribution < -0.4 is 10.9 Å². The molecule has 84 heavy (non-hydrogen) atoms. The number of hydrogen-bond acceptors (Lipinski definition) is 8. The molecule has 2 aliphatic heterocycles.